The SMILES string of the molecule is CCCCCCCCCCCCCCCCC(Oc1ccccc1C)C(=O)O. The number of hydrogen-bond acceptors (Lipinski definition) is 2. The standard InChI is InChI=1S/C25H42O3/c1-3-4-5-6-7-8-9-10-11-12-13-14-15-16-21-24(25(26)27)28-23-20-18-17-19-22(23)2/h17-20,24H,3-16,21H2,1-2H3,(H,26,27). The minimum Gasteiger partial charge on any atom is -0.479 e. The van der Waals surface area contributed by atoms with Gasteiger partial charge < -0.3 is 9.84 Å². The average Bonchev–Trinajstić information content (AvgIpc) is 2.68. The number of benzene rings is 1. The number of carbonyl (C=O) groups is 1. The summed E-state index contributed by atoms with van der Waals surface area (Å²) in [6.07, 6.45) is 18.1. The van der Waals surface area contributed by atoms with Crippen molar-refractivity contribution in [1.29, 1.82) is 0 Å². The first-order valence-corrected chi connectivity index (χ1v) is 11.6. The van der Waals surface area contributed by atoms with Crippen LogP contribution in [0.2, 0.25) is 0 Å². The third-order valence-electron chi connectivity index (χ3n) is 5.46. The van der Waals surface area contributed by atoms with E-state index in [2.05, 4.69) is 6.92 Å². The van der Waals surface area contributed by atoms with E-state index in [0.717, 1.165) is 18.4 Å². The Balaban J connectivity index is 1.99. The van der Waals surface area contributed by atoms with Gasteiger partial charge in [-0.3, -0.25) is 0 Å². The first-order chi connectivity index (χ1) is 13.6. The molecule has 1 aromatic rings. The van der Waals surface area contributed by atoms with Crippen LogP contribution in [0.3, 0.4) is 0 Å². The summed E-state index contributed by atoms with van der Waals surface area (Å²) in [6.45, 7) is 4.21. The number of unbranched alkanes of at least 4 members (excludes halogenated alkanes) is 13. The topological polar surface area (TPSA) is 46.5 Å². The molecule has 3 heteroatoms. The van der Waals surface area contributed by atoms with Gasteiger partial charge in [-0.1, -0.05) is 109 Å². The largest absolute Gasteiger partial charge is 0.479 e. The molecule has 0 radical (unpaired) electrons. The Morgan fingerprint density at radius 3 is 1.75 bits per heavy atom. The van der Waals surface area contributed by atoms with Crippen LogP contribution < -0.4 is 4.74 Å². The second-order valence-electron chi connectivity index (χ2n) is 8.10. The lowest BCUT2D eigenvalue weighted by molar-refractivity contribution is -0.145. The molecule has 0 heterocycles. The minimum atomic E-state index is -0.863. The zero-order valence-corrected chi connectivity index (χ0v) is 18.3. The van der Waals surface area contributed by atoms with Crippen molar-refractivity contribution in [1.82, 2.24) is 0 Å². The van der Waals surface area contributed by atoms with E-state index in [9.17, 15) is 9.90 Å². The number of para-hydroxylation sites is 1. The molecule has 0 bridgehead atoms. The van der Waals surface area contributed by atoms with Gasteiger partial charge in [0.15, 0.2) is 6.10 Å². The Morgan fingerprint density at radius 1 is 0.821 bits per heavy atom. The van der Waals surface area contributed by atoms with Crippen molar-refractivity contribution in [2.75, 3.05) is 0 Å². The predicted octanol–water partition coefficient (Wildman–Crippen LogP) is 7.70. The molecule has 1 atom stereocenters. The van der Waals surface area contributed by atoms with E-state index >= 15 is 0 Å². The Morgan fingerprint density at radius 2 is 1.29 bits per heavy atom. The second-order valence-corrected chi connectivity index (χ2v) is 8.10. The summed E-state index contributed by atoms with van der Waals surface area (Å²) in [5.41, 5.74) is 0.981. The highest BCUT2D eigenvalue weighted by molar-refractivity contribution is 5.72. The maximum absolute atomic E-state index is 11.5. The maximum atomic E-state index is 11.5. The van der Waals surface area contributed by atoms with Crippen molar-refractivity contribution < 1.29 is 14.6 Å². The molecule has 1 N–H and O–H groups in total. The van der Waals surface area contributed by atoms with Gasteiger partial charge in [-0.2, -0.15) is 0 Å². The van der Waals surface area contributed by atoms with Gasteiger partial charge in [-0.15, -0.1) is 0 Å². The van der Waals surface area contributed by atoms with Crippen molar-refractivity contribution >= 4 is 5.97 Å². The van der Waals surface area contributed by atoms with E-state index < -0.39 is 12.1 Å². The lowest BCUT2D eigenvalue weighted by atomic mass is 10.0. The molecular weight excluding hydrogens is 348 g/mol. The van der Waals surface area contributed by atoms with Crippen molar-refractivity contribution in [2.24, 2.45) is 0 Å². The number of ether oxygens (including phenoxy) is 1. The van der Waals surface area contributed by atoms with E-state index in [1.807, 2.05) is 31.2 Å². The summed E-state index contributed by atoms with van der Waals surface area (Å²) in [6, 6.07) is 7.61. The van der Waals surface area contributed by atoms with E-state index in [4.69, 9.17) is 4.74 Å². The molecule has 0 saturated heterocycles. The van der Waals surface area contributed by atoms with Gasteiger partial charge in [0.1, 0.15) is 5.75 Å². The van der Waals surface area contributed by atoms with Gasteiger partial charge in [0.05, 0.1) is 0 Å². The monoisotopic (exact) mass is 390 g/mol. The fourth-order valence-electron chi connectivity index (χ4n) is 3.60. The van der Waals surface area contributed by atoms with Gasteiger partial charge in [-0.05, 0) is 31.4 Å². The molecule has 0 aliphatic rings. The first-order valence-electron chi connectivity index (χ1n) is 11.6. The third kappa shape index (κ3) is 12.0. The highest BCUT2D eigenvalue weighted by Gasteiger charge is 2.19. The average molecular weight is 391 g/mol. The summed E-state index contributed by atoms with van der Waals surface area (Å²) in [7, 11) is 0. The van der Waals surface area contributed by atoms with Crippen molar-refractivity contribution in [3.05, 3.63) is 29.8 Å². The molecule has 1 aromatic carbocycles. The number of rotatable bonds is 18. The molecule has 1 rings (SSSR count). The predicted molar refractivity (Wildman–Crippen MR) is 118 cm³/mol. The summed E-state index contributed by atoms with van der Waals surface area (Å²) < 4.78 is 5.72. The van der Waals surface area contributed by atoms with Crippen LogP contribution in [-0.2, 0) is 4.79 Å². The summed E-state index contributed by atoms with van der Waals surface area (Å²) in [5.74, 6) is -0.182. The van der Waals surface area contributed by atoms with Crippen LogP contribution in [0.15, 0.2) is 24.3 Å². The molecule has 0 spiro atoms. The second kappa shape index (κ2) is 16.4. The molecule has 0 amide bonds. The number of carboxylic acid groups (broad SMARTS) is 1. The van der Waals surface area contributed by atoms with Crippen LogP contribution in [0.4, 0.5) is 0 Å². The minimum absolute atomic E-state index is 0.585. The van der Waals surface area contributed by atoms with Crippen LogP contribution in [0.25, 0.3) is 0 Å². The number of carboxylic acids is 1. The van der Waals surface area contributed by atoms with Gasteiger partial charge in [0.2, 0.25) is 0 Å². The summed E-state index contributed by atoms with van der Waals surface area (Å²) in [4.78, 5) is 11.5. The van der Waals surface area contributed by atoms with E-state index in [1.165, 1.54) is 77.0 Å². The van der Waals surface area contributed by atoms with Crippen LogP contribution in [0.5, 0.6) is 5.75 Å². The lowest BCUT2D eigenvalue weighted by Gasteiger charge is -2.16. The Hall–Kier alpha value is -1.51. The molecule has 1 unspecified atom stereocenters. The Kier molecular flexibility index (Phi) is 14.4. The van der Waals surface area contributed by atoms with Crippen molar-refractivity contribution in [2.45, 2.75) is 116 Å². The molecule has 0 fully saturated rings. The maximum Gasteiger partial charge on any atom is 0.344 e. The number of aryl methyl sites for hydroxylation is 1. The van der Waals surface area contributed by atoms with E-state index in [-0.39, 0.29) is 0 Å². The third-order valence-corrected chi connectivity index (χ3v) is 5.46. The Labute approximate surface area is 172 Å². The van der Waals surface area contributed by atoms with Crippen molar-refractivity contribution in [3.63, 3.8) is 0 Å². The fraction of sp³-hybridized carbons (Fsp3) is 0.720. The van der Waals surface area contributed by atoms with Crippen LogP contribution in [-0.4, -0.2) is 17.2 Å². The zero-order chi connectivity index (χ0) is 20.5. The molecule has 0 aromatic heterocycles. The van der Waals surface area contributed by atoms with Crippen LogP contribution in [0.1, 0.15) is 109 Å². The quantitative estimate of drug-likeness (QED) is 0.261. The summed E-state index contributed by atoms with van der Waals surface area (Å²) in [5, 5.41) is 9.40. The van der Waals surface area contributed by atoms with E-state index in [0.29, 0.717) is 12.2 Å². The zero-order valence-electron chi connectivity index (χ0n) is 18.3. The van der Waals surface area contributed by atoms with Gasteiger partial charge >= 0.3 is 5.97 Å². The smallest absolute Gasteiger partial charge is 0.344 e. The molecule has 160 valence electrons. The molecule has 28 heavy (non-hydrogen) atoms. The first kappa shape index (κ1) is 24.5. The highest BCUT2D eigenvalue weighted by atomic mass is 16.5. The van der Waals surface area contributed by atoms with Crippen LogP contribution in [0, 0.1) is 6.92 Å². The molecular formula is C25H42O3. The van der Waals surface area contributed by atoms with Gasteiger partial charge in [0, 0.05) is 0 Å². The number of aliphatic carboxylic acids is 1. The molecule has 0 aliphatic heterocycles. The van der Waals surface area contributed by atoms with Crippen LogP contribution >= 0.6 is 0 Å². The fourth-order valence-corrected chi connectivity index (χ4v) is 3.60. The van der Waals surface area contributed by atoms with Crippen molar-refractivity contribution in [3.8, 4) is 5.75 Å². The normalized spacial score (nSPS) is 12.1. The molecule has 0 saturated carbocycles. The lowest BCUT2D eigenvalue weighted by Crippen LogP contribution is -2.27. The molecule has 0 aliphatic carbocycles. The summed E-state index contributed by atoms with van der Waals surface area (Å²) >= 11 is 0. The highest BCUT2D eigenvalue weighted by Crippen LogP contribution is 2.20. The number of hydrogen-bond donors (Lipinski definition) is 1. The van der Waals surface area contributed by atoms with E-state index in [1.54, 1.807) is 0 Å². The Bertz CT molecular complexity index is 512. The van der Waals surface area contributed by atoms with Gasteiger partial charge in [-0.25, -0.2) is 4.79 Å². The van der Waals surface area contributed by atoms with Gasteiger partial charge in [0.25, 0.3) is 0 Å². The molecule has 3 nitrogen and oxygen atoms in total.